The molecular weight excluding hydrogens is 294 g/mol. The molecule has 2 aliphatic heterocycles. The van der Waals surface area contributed by atoms with Crippen molar-refractivity contribution in [2.24, 2.45) is 0 Å². The van der Waals surface area contributed by atoms with Gasteiger partial charge in [-0.2, -0.15) is 0 Å². The maximum atomic E-state index is 12.2. The van der Waals surface area contributed by atoms with Crippen LogP contribution in [0.4, 0.5) is 4.79 Å². The Labute approximate surface area is 139 Å². The fourth-order valence-corrected chi connectivity index (χ4v) is 3.34. The van der Waals surface area contributed by atoms with E-state index in [1.807, 2.05) is 11.8 Å². The molecule has 0 bridgehead atoms. The first-order chi connectivity index (χ1) is 11.2. The van der Waals surface area contributed by atoms with E-state index >= 15 is 0 Å². The van der Waals surface area contributed by atoms with Crippen molar-refractivity contribution in [1.29, 1.82) is 0 Å². The molecular formula is C17H31N3O3. The van der Waals surface area contributed by atoms with E-state index in [-0.39, 0.29) is 12.0 Å². The average molecular weight is 325 g/mol. The second kappa shape index (κ2) is 9.75. The summed E-state index contributed by atoms with van der Waals surface area (Å²) in [7, 11) is 0. The molecule has 2 saturated heterocycles. The van der Waals surface area contributed by atoms with Crippen LogP contribution in [0.1, 0.15) is 51.9 Å². The third-order valence-corrected chi connectivity index (χ3v) is 4.75. The third kappa shape index (κ3) is 6.01. The molecule has 2 fully saturated rings. The van der Waals surface area contributed by atoms with Gasteiger partial charge in [0.2, 0.25) is 5.91 Å². The van der Waals surface area contributed by atoms with Crippen LogP contribution in [0.2, 0.25) is 0 Å². The van der Waals surface area contributed by atoms with Gasteiger partial charge in [0, 0.05) is 45.2 Å². The number of piperidine rings is 1. The molecule has 2 heterocycles. The summed E-state index contributed by atoms with van der Waals surface area (Å²) in [4.78, 5) is 27.7. The number of likely N-dealkylation sites (tertiary alicyclic amines) is 2. The van der Waals surface area contributed by atoms with Crippen LogP contribution in [0, 0.1) is 0 Å². The van der Waals surface area contributed by atoms with Gasteiger partial charge in [-0.25, -0.2) is 4.79 Å². The molecule has 0 aromatic rings. The summed E-state index contributed by atoms with van der Waals surface area (Å²) >= 11 is 0. The maximum absolute atomic E-state index is 12.2. The average Bonchev–Trinajstić information content (AvgIpc) is 2.85. The van der Waals surface area contributed by atoms with Crippen molar-refractivity contribution in [3.8, 4) is 0 Å². The number of carbonyl (C=O) groups is 2. The minimum Gasteiger partial charge on any atom is -0.450 e. The third-order valence-electron chi connectivity index (χ3n) is 4.75. The van der Waals surface area contributed by atoms with Gasteiger partial charge in [0.1, 0.15) is 0 Å². The van der Waals surface area contributed by atoms with E-state index in [0.29, 0.717) is 19.1 Å². The minimum atomic E-state index is -0.206. The Morgan fingerprint density at radius 3 is 2.26 bits per heavy atom. The fourth-order valence-electron chi connectivity index (χ4n) is 3.34. The smallest absolute Gasteiger partial charge is 0.409 e. The van der Waals surface area contributed by atoms with Crippen molar-refractivity contribution in [2.75, 3.05) is 39.3 Å². The molecule has 0 atom stereocenters. The van der Waals surface area contributed by atoms with E-state index in [1.165, 1.54) is 12.8 Å². The van der Waals surface area contributed by atoms with Crippen molar-refractivity contribution >= 4 is 12.0 Å². The van der Waals surface area contributed by atoms with E-state index in [4.69, 9.17) is 4.74 Å². The summed E-state index contributed by atoms with van der Waals surface area (Å²) < 4.78 is 5.02. The summed E-state index contributed by atoms with van der Waals surface area (Å²) in [5, 5.41) is 3.47. The lowest BCUT2D eigenvalue weighted by atomic mass is 10.1. The van der Waals surface area contributed by atoms with Crippen LogP contribution in [-0.4, -0.2) is 67.2 Å². The zero-order chi connectivity index (χ0) is 16.5. The van der Waals surface area contributed by atoms with Gasteiger partial charge in [-0.3, -0.25) is 4.79 Å². The Morgan fingerprint density at radius 1 is 1.00 bits per heavy atom. The topological polar surface area (TPSA) is 61.9 Å². The normalized spacial score (nSPS) is 20.2. The first kappa shape index (κ1) is 18.0. The van der Waals surface area contributed by atoms with Crippen LogP contribution in [0.25, 0.3) is 0 Å². The van der Waals surface area contributed by atoms with Crippen molar-refractivity contribution in [3.63, 3.8) is 0 Å². The molecule has 0 saturated carbocycles. The van der Waals surface area contributed by atoms with Gasteiger partial charge in [0.15, 0.2) is 0 Å². The lowest BCUT2D eigenvalue weighted by Gasteiger charge is -2.31. The molecule has 6 heteroatoms. The quantitative estimate of drug-likeness (QED) is 0.840. The van der Waals surface area contributed by atoms with Crippen LogP contribution in [0.15, 0.2) is 0 Å². The number of rotatable bonds is 5. The molecule has 0 aliphatic carbocycles. The Kier molecular flexibility index (Phi) is 7.65. The summed E-state index contributed by atoms with van der Waals surface area (Å²) in [6, 6.07) is 0.401. The summed E-state index contributed by atoms with van der Waals surface area (Å²) in [6.07, 6.45) is 7.02. The van der Waals surface area contributed by atoms with Gasteiger partial charge in [-0.05, 0) is 32.6 Å². The SMILES string of the molecule is CCOC(=O)N1CCC(NCCC(=O)N2CCCCCC2)CC1. The van der Waals surface area contributed by atoms with E-state index in [1.54, 1.807) is 4.90 Å². The molecule has 2 aliphatic rings. The zero-order valence-corrected chi connectivity index (χ0v) is 14.4. The van der Waals surface area contributed by atoms with Gasteiger partial charge in [-0.15, -0.1) is 0 Å². The standard InChI is InChI=1S/C17H31N3O3/c1-2-23-17(22)20-13-8-15(9-14-20)18-10-7-16(21)19-11-5-3-4-6-12-19/h15,18H,2-14H2,1H3. The Morgan fingerprint density at radius 2 is 1.65 bits per heavy atom. The Balaban J connectivity index is 1.60. The van der Waals surface area contributed by atoms with Gasteiger partial charge in [-0.1, -0.05) is 12.8 Å². The number of hydrogen-bond donors (Lipinski definition) is 1. The highest BCUT2D eigenvalue weighted by molar-refractivity contribution is 5.76. The molecule has 2 amide bonds. The molecule has 1 N–H and O–H groups in total. The highest BCUT2D eigenvalue weighted by Crippen LogP contribution is 2.13. The highest BCUT2D eigenvalue weighted by Gasteiger charge is 2.23. The van der Waals surface area contributed by atoms with Crippen LogP contribution >= 0.6 is 0 Å². The number of ether oxygens (including phenoxy) is 1. The molecule has 2 rings (SSSR count). The van der Waals surface area contributed by atoms with E-state index < -0.39 is 0 Å². The predicted octanol–water partition coefficient (Wildman–Crippen LogP) is 1.99. The number of carbonyl (C=O) groups excluding carboxylic acids is 2. The van der Waals surface area contributed by atoms with Crippen molar-refractivity contribution in [2.45, 2.75) is 57.9 Å². The summed E-state index contributed by atoms with van der Waals surface area (Å²) in [5.74, 6) is 0.281. The summed E-state index contributed by atoms with van der Waals surface area (Å²) in [6.45, 7) is 6.31. The second-order valence-corrected chi connectivity index (χ2v) is 6.46. The largest absolute Gasteiger partial charge is 0.450 e. The first-order valence-corrected chi connectivity index (χ1v) is 9.13. The van der Waals surface area contributed by atoms with Crippen LogP contribution < -0.4 is 5.32 Å². The Bertz CT molecular complexity index is 373. The molecule has 0 radical (unpaired) electrons. The highest BCUT2D eigenvalue weighted by atomic mass is 16.6. The lowest BCUT2D eigenvalue weighted by molar-refractivity contribution is -0.131. The number of hydrogen-bond acceptors (Lipinski definition) is 4. The number of nitrogens with zero attached hydrogens (tertiary/aromatic N) is 2. The van der Waals surface area contributed by atoms with Crippen molar-refractivity contribution < 1.29 is 14.3 Å². The monoisotopic (exact) mass is 325 g/mol. The molecule has 23 heavy (non-hydrogen) atoms. The fraction of sp³-hybridized carbons (Fsp3) is 0.882. The predicted molar refractivity (Wildman–Crippen MR) is 89.3 cm³/mol. The first-order valence-electron chi connectivity index (χ1n) is 9.13. The van der Waals surface area contributed by atoms with Crippen molar-refractivity contribution in [1.82, 2.24) is 15.1 Å². The molecule has 132 valence electrons. The number of nitrogens with one attached hydrogen (secondary N) is 1. The Hall–Kier alpha value is -1.30. The van der Waals surface area contributed by atoms with Crippen molar-refractivity contribution in [3.05, 3.63) is 0 Å². The van der Waals surface area contributed by atoms with E-state index in [2.05, 4.69) is 5.32 Å². The lowest BCUT2D eigenvalue weighted by Crippen LogP contribution is -2.45. The molecule has 0 unspecified atom stereocenters. The van der Waals surface area contributed by atoms with E-state index in [0.717, 1.165) is 58.4 Å². The zero-order valence-electron chi connectivity index (χ0n) is 14.4. The molecule has 0 aromatic heterocycles. The summed E-state index contributed by atoms with van der Waals surface area (Å²) in [5.41, 5.74) is 0. The van der Waals surface area contributed by atoms with Gasteiger partial charge >= 0.3 is 6.09 Å². The van der Waals surface area contributed by atoms with Crippen LogP contribution in [0.5, 0.6) is 0 Å². The second-order valence-electron chi connectivity index (χ2n) is 6.46. The van der Waals surface area contributed by atoms with E-state index in [9.17, 15) is 9.59 Å². The minimum absolute atomic E-state index is 0.206. The van der Waals surface area contributed by atoms with Gasteiger partial charge < -0.3 is 19.9 Å². The van der Waals surface area contributed by atoms with Gasteiger partial charge in [0.05, 0.1) is 6.61 Å². The molecule has 6 nitrogen and oxygen atoms in total. The van der Waals surface area contributed by atoms with Crippen LogP contribution in [-0.2, 0) is 9.53 Å². The molecule has 0 aromatic carbocycles. The molecule has 0 spiro atoms. The van der Waals surface area contributed by atoms with Gasteiger partial charge in [0.25, 0.3) is 0 Å². The van der Waals surface area contributed by atoms with Crippen LogP contribution in [0.3, 0.4) is 0 Å². The maximum Gasteiger partial charge on any atom is 0.409 e. The number of amides is 2.